The Morgan fingerprint density at radius 3 is 2.69 bits per heavy atom. The van der Waals surface area contributed by atoms with Crippen molar-refractivity contribution in [1.29, 1.82) is 0 Å². The second-order valence-corrected chi connectivity index (χ2v) is 9.91. The van der Waals surface area contributed by atoms with Gasteiger partial charge in [0.05, 0.1) is 17.0 Å². The molecule has 1 aliphatic heterocycles. The standard InChI is InChI=1S/C16H20N4O4S2/c21-14(9-19-10-17-15-13(16(19)22)5-8-25-15)18-11-3-6-20(7-4-11)26(23,24)12-1-2-12/h5,8,10-12H,1-4,6-7,9H2,(H,18,21). The van der Waals surface area contributed by atoms with Crippen molar-refractivity contribution in [1.82, 2.24) is 19.2 Å². The molecule has 3 heterocycles. The number of amides is 1. The maximum atomic E-state index is 12.3. The van der Waals surface area contributed by atoms with E-state index in [1.807, 2.05) is 0 Å². The zero-order chi connectivity index (χ0) is 18.3. The summed E-state index contributed by atoms with van der Waals surface area (Å²) in [6.07, 6.45) is 4.10. The molecule has 0 aromatic carbocycles. The van der Waals surface area contributed by atoms with Gasteiger partial charge in [0.25, 0.3) is 5.56 Å². The molecular formula is C16H20N4O4S2. The fraction of sp³-hybridized carbons (Fsp3) is 0.562. The van der Waals surface area contributed by atoms with E-state index in [1.54, 1.807) is 15.8 Å². The van der Waals surface area contributed by atoms with Crippen LogP contribution in [0.1, 0.15) is 25.7 Å². The topological polar surface area (TPSA) is 101 Å². The van der Waals surface area contributed by atoms with E-state index in [9.17, 15) is 18.0 Å². The molecule has 0 bridgehead atoms. The lowest BCUT2D eigenvalue weighted by atomic mass is 10.1. The minimum absolute atomic E-state index is 0.0679. The van der Waals surface area contributed by atoms with Gasteiger partial charge in [-0.15, -0.1) is 11.3 Å². The molecule has 0 radical (unpaired) electrons. The molecule has 2 aromatic rings. The summed E-state index contributed by atoms with van der Waals surface area (Å²) in [6, 6.07) is 1.64. The number of nitrogens with one attached hydrogen (secondary N) is 1. The van der Waals surface area contributed by atoms with Gasteiger partial charge in [-0.2, -0.15) is 0 Å². The second-order valence-electron chi connectivity index (χ2n) is 6.80. The Kier molecular flexibility index (Phi) is 4.57. The summed E-state index contributed by atoms with van der Waals surface area (Å²) in [5.41, 5.74) is -0.225. The lowest BCUT2D eigenvalue weighted by Gasteiger charge is -2.31. The van der Waals surface area contributed by atoms with Crippen LogP contribution in [0.2, 0.25) is 0 Å². The van der Waals surface area contributed by atoms with Crippen LogP contribution in [0.15, 0.2) is 22.6 Å². The molecule has 2 aliphatic rings. The van der Waals surface area contributed by atoms with Crippen LogP contribution in [0.3, 0.4) is 0 Å². The number of carbonyl (C=O) groups is 1. The maximum Gasteiger partial charge on any atom is 0.262 e. The number of nitrogens with zero attached hydrogens (tertiary/aromatic N) is 3. The Morgan fingerprint density at radius 1 is 1.27 bits per heavy atom. The third-order valence-electron chi connectivity index (χ3n) is 4.89. The fourth-order valence-corrected chi connectivity index (χ4v) is 5.86. The summed E-state index contributed by atoms with van der Waals surface area (Å²) in [5, 5.41) is 5.03. The number of hydrogen-bond acceptors (Lipinski definition) is 6. The quantitative estimate of drug-likeness (QED) is 0.794. The molecule has 1 saturated heterocycles. The summed E-state index contributed by atoms with van der Waals surface area (Å²) in [6.45, 7) is 0.788. The Bertz CT molecular complexity index is 985. The number of sulfonamides is 1. The number of carbonyl (C=O) groups excluding carboxylic acids is 1. The van der Waals surface area contributed by atoms with Crippen LogP contribution in [-0.4, -0.2) is 52.6 Å². The normalized spacial score (nSPS) is 19.7. The second kappa shape index (κ2) is 6.75. The van der Waals surface area contributed by atoms with Gasteiger partial charge in [0.15, 0.2) is 0 Å². The molecule has 2 aromatic heterocycles. The number of fused-ring (bicyclic) bond motifs is 1. The van der Waals surface area contributed by atoms with Crippen LogP contribution in [-0.2, 0) is 21.4 Å². The van der Waals surface area contributed by atoms with E-state index in [-0.39, 0.29) is 29.3 Å². The van der Waals surface area contributed by atoms with Crippen molar-refractivity contribution in [3.8, 4) is 0 Å². The average Bonchev–Trinajstić information content (AvgIpc) is 3.37. The molecule has 0 spiro atoms. The zero-order valence-corrected chi connectivity index (χ0v) is 15.8. The molecule has 1 aliphatic carbocycles. The molecule has 1 saturated carbocycles. The summed E-state index contributed by atoms with van der Waals surface area (Å²) < 4.78 is 27.3. The monoisotopic (exact) mass is 396 g/mol. The Hall–Kier alpha value is -1.78. The Morgan fingerprint density at radius 2 is 2.00 bits per heavy atom. The maximum absolute atomic E-state index is 12.3. The van der Waals surface area contributed by atoms with Gasteiger partial charge in [0, 0.05) is 19.1 Å². The van der Waals surface area contributed by atoms with Crippen molar-refractivity contribution >= 4 is 37.5 Å². The van der Waals surface area contributed by atoms with Gasteiger partial charge in [0.2, 0.25) is 15.9 Å². The van der Waals surface area contributed by atoms with Crippen LogP contribution in [0.5, 0.6) is 0 Å². The van der Waals surface area contributed by atoms with Crippen LogP contribution >= 0.6 is 11.3 Å². The third kappa shape index (κ3) is 3.40. The van der Waals surface area contributed by atoms with Gasteiger partial charge in [-0.25, -0.2) is 17.7 Å². The molecule has 2 fully saturated rings. The molecule has 10 heteroatoms. The van der Waals surface area contributed by atoms with Gasteiger partial charge in [-0.1, -0.05) is 0 Å². The molecule has 26 heavy (non-hydrogen) atoms. The van der Waals surface area contributed by atoms with E-state index in [4.69, 9.17) is 0 Å². The van der Waals surface area contributed by atoms with Gasteiger partial charge < -0.3 is 5.32 Å². The van der Waals surface area contributed by atoms with Crippen molar-refractivity contribution in [2.45, 2.75) is 43.5 Å². The van der Waals surface area contributed by atoms with Gasteiger partial charge >= 0.3 is 0 Å². The highest BCUT2D eigenvalue weighted by atomic mass is 32.2. The largest absolute Gasteiger partial charge is 0.352 e. The van der Waals surface area contributed by atoms with Crippen molar-refractivity contribution < 1.29 is 13.2 Å². The van der Waals surface area contributed by atoms with Crippen molar-refractivity contribution in [3.63, 3.8) is 0 Å². The molecular weight excluding hydrogens is 376 g/mol. The van der Waals surface area contributed by atoms with Crippen LogP contribution in [0, 0.1) is 0 Å². The molecule has 1 N–H and O–H groups in total. The van der Waals surface area contributed by atoms with Crippen LogP contribution in [0.25, 0.3) is 10.2 Å². The minimum atomic E-state index is -3.14. The van der Waals surface area contributed by atoms with Crippen molar-refractivity contribution in [3.05, 3.63) is 28.1 Å². The Labute approximate surface area is 154 Å². The van der Waals surface area contributed by atoms with E-state index < -0.39 is 10.0 Å². The van der Waals surface area contributed by atoms with Crippen molar-refractivity contribution in [2.24, 2.45) is 0 Å². The third-order valence-corrected chi connectivity index (χ3v) is 8.11. The fourth-order valence-electron chi connectivity index (χ4n) is 3.27. The lowest BCUT2D eigenvalue weighted by Crippen LogP contribution is -2.48. The predicted molar refractivity (Wildman–Crippen MR) is 98.6 cm³/mol. The zero-order valence-electron chi connectivity index (χ0n) is 14.1. The van der Waals surface area contributed by atoms with Crippen LogP contribution in [0.4, 0.5) is 0 Å². The SMILES string of the molecule is O=C(Cn1cnc2sccc2c1=O)NC1CCN(S(=O)(=O)C2CC2)CC1. The van der Waals surface area contributed by atoms with Crippen molar-refractivity contribution in [2.75, 3.05) is 13.1 Å². The molecule has 140 valence electrons. The first-order valence-corrected chi connectivity index (χ1v) is 11.0. The molecule has 1 amide bonds. The summed E-state index contributed by atoms with van der Waals surface area (Å²) in [4.78, 5) is 29.4. The van der Waals surface area contributed by atoms with E-state index in [0.29, 0.717) is 36.1 Å². The summed E-state index contributed by atoms with van der Waals surface area (Å²) >= 11 is 1.39. The van der Waals surface area contributed by atoms with E-state index in [2.05, 4.69) is 10.3 Å². The van der Waals surface area contributed by atoms with E-state index >= 15 is 0 Å². The minimum Gasteiger partial charge on any atom is -0.352 e. The predicted octanol–water partition coefficient (Wildman–Crippen LogP) is 0.531. The molecule has 0 unspecified atom stereocenters. The number of piperidine rings is 1. The highest BCUT2D eigenvalue weighted by Gasteiger charge is 2.41. The van der Waals surface area contributed by atoms with Gasteiger partial charge in [-0.3, -0.25) is 14.2 Å². The van der Waals surface area contributed by atoms with Gasteiger partial charge in [-0.05, 0) is 37.1 Å². The first kappa shape index (κ1) is 17.6. The molecule has 4 rings (SSSR count). The van der Waals surface area contributed by atoms with E-state index in [1.165, 1.54) is 22.2 Å². The first-order valence-electron chi connectivity index (χ1n) is 8.66. The highest BCUT2D eigenvalue weighted by molar-refractivity contribution is 7.90. The van der Waals surface area contributed by atoms with E-state index in [0.717, 1.165) is 12.8 Å². The van der Waals surface area contributed by atoms with Crippen LogP contribution < -0.4 is 10.9 Å². The number of hydrogen-bond donors (Lipinski definition) is 1. The summed E-state index contributed by atoms with van der Waals surface area (Å²) in [7, 11) is -3.14. The Balaban J connectivity index is 1.34. The molecule has 0 atom stereocenters. The highest BCUT2D eigenvalue weighted by Crippen LogP contribution is 2.32. The summed E-state index contributed by atoms with van der Waals surface area (Å²) in [5.74, 6) is -0.257. The lowest BCUT2D eigenvalue weighted by molar-refractivity contribution is -0.122. The smallest absolute Gasteiger partial charge is 0.262 e. The number of rotatable bonds is 5. The number of aromatic nitrogens is 2. The first-order chi connectivity index (χ1) is 12.4. The molecule has 8 nitrogen and oxygen atoms in total. The van der Waals surface area contributed by atoms with Gasteiger partial charge in [0.1, 0.15) is 11.4 Å². The number of thiophene rings is 1. The average molecular weight is 396 g/mol.